The molecule has 0 aromatic carbocycles. The molecular formula is C10H14BrNOS. The van der Waals surface area contributed by atoms with Crippen molar-refractivity contribution in [3.8, 4) is 0 Å². The lowest BCUT2D eigenvalue weighted by atomic mass is 9.89. The molecule has 4 heteroatoms. The minimum absolute atomic E-state index is 0.163. The van der Waals surface area contributed by atoms with E-state index in [0.717, 1.165) is 19.4 Å². The van der Waals surface area contributed by atoms with Crippen molar-refractivity contribution in [2.75, 3.05) is 6.61 Å². The molecule has 0 aliphatic carbocycles. The summed E-state index contributed by atoms with van der Waals surface area (Å²) in [6, 6.07) is 2.07. The number of hydrogen-bond acceptors (Lipinski definition) is 3. The minimum atomic E-state index is -0.173. The summed E-state index contributed by atoms with van der Waals surface area (Å²) in [6.45, 7) is 2.86. The first-order chi connectivity index (χ1) is 6.62. The normalized spacial score (nSPS) is 32.4. The summed E-state index contributed by atoms with van der Waals surface area (Å²) in [6.07, 6.45) is 2.03. The van der Waals surface area contributed by atoms with Gasteiger partial charge in [0.25, 0.3) is 0 Å². The fourth-order valence-electron chi connectivity index (χ4n) is 1.78. The molecule has 0 spiro atoms. The zero-order valence-corrected chi connectivity index (χ0v) is 10.5. The molecule has 2 N–H and O–H groups in total. The van der Waals surface area contributed by atoms with E-state index >= 15 is 0 Å². The highest BCUT2D eigenvalue weighted by Gasteiger charge is 2.38. The number of thiophene rings is 1. The molecule has 1 aromatic rings. The van der Waals surface area contributed by atoms with E-state index in [0.29, 0.717) is 0 Å². The highest BCUT2D eigenvalue weighted by molar-refractivity contribution is 9.10. The third-order valence-electron chi connectivity index (χ3n) is 2.93. The van der Waals surface area contributed by atoms with Gasteiger partial charge in [0, 0.05) is 27.9 Å². The molecule has 1 aliphatic rings. The molecule has 2 heterocycles. The Balaban J connectivity index is 2.14. The smallest absolute Gasteiger partial charge is 0.0730 e. The van der Waals surface area contributed by atoms with Gasteiger partial charge in [0.15, 0.2) is 0 Å². The van der Waals surface area contributed by atoms with Crippen molar-refractivity contribution < 1.29 is 4.74 Å². The molecule has 2 nitrogen and oxygen atoms in total. The van der Waals surface area contributed by atoms with Crippen molar-refractivity contribution in [3.63, 3.8) is 0 Å². The second kappa shape index (κ2) is 3.93. The SMILES string of the molecule is CC1OCCC1(N)Cc1sccc1Br. The van der Waals surface area contributed by atoms with Gasteiger partial charge in [-0.1, -0.05) is 0 Å². The summed E-state index contributed by atoms with van der Waals surface area (Å²) in [7, 11) is 0. The van der Waals surface area contributed by atoms with Gasteiger partial charge in [-0.25, -0.2) is 0 Å². The van der Waals surface area contributed by atoms with Crippen LogP contribution in [0.15, 0.2) is 15.9 Å². The van der Waals surface area contributed by atoms with Gasteiger partial charge in [-0.05, 0) is 40.7 Å². The van der Waals surface area contributed by atoms with Gasteiger partial charge >= 0.3 is 0 Å². The van der Waals surface area contributed by atoms with Crippen molar-refractivity contribution >= 4 is 27.3 Å². The Labute approximate surface area is 96.6 Å². The maximum absolute atomic E-state index is 6.32. The van der Waals surface area contributed by atoms with E-state index in [1.54, 1.807) is 11.3 Å². The summed E-state index contributed by atoms with van der Waals surface area (Å²) >= 11 is 5.29. The average Bonchev–Trinajstić information content (AvgIpc) is 2.64. The second-order valence-electron chi connectivity index (χ2n) is 3.86. The van der Waals surface area contributed by atoms with Crippen LogP contribution in [0.25, 0.3) is 0 Å². The van der Waals surface area contributed by atoms with E-state index in [2.05, 4.69) is 34.3 Å². The van der Waals surface area contributed by atoms with Crippen LogP contribution >= 0.6 is 27.3 Å². The molecule has 1 aliphatic heterocycles. The van der Waals surface area contributed by atoms with Gasteiger partial charge in [0.1, 0.15) is 0 Å². The van der Waals surface area contributed by atoms with Crippen LogP contribution in [0.5, 0.6) is 0 Å². The number of halogens is 1. The number of ether oxygens (including phenoxy) is 1. The Hall–Kier alpha value is 0.100. The highest BCUT2D eigenvalue weighted by atomic mass is 79.9. The second-order valence-corrected chi connectivity index (χ2v) is 5.72. The molecule has 14 heavy (non-hydrogen) atoms. The Bertz CT molecular complexity index is 328. The molecule has 2 atom stereocenters. The Kier molecular flexibility index (Phi) is 2.98. The molecule has 2 unspecified atom stereocenters. The summed E-state index contributed by atoms with van der Waals surface area (Å²) in [5, 5.41) is 2.09. The van der Waals surface area contributed by atoms with E-state index in [1.165, 1.54) is 9.35 Å². The molecular weight excluding hydrogens is 262 g/mol. The zero-order chi connectivity index (χ0) is 10.2. The standard InChI is InChI=1S/C10H14BrNOS/c1-7-10(12,3-4-13-7)6-9-8(11)2-5-14-9/h2,5,7H,3-4,6,12H2,1H3. The first-order valence-electron chi connectivity index (χ1n) is 4.74. The van der Waals surface area contributed by atoms with Gasteiger partial charge in [-0.2, -0.15) is 0 Å². The first-order valence-corrected chi connectivity index (χ1v) is 6.41. The molecule has 1 saturated heterocycles. The van der Waals surface area contributed by atoms with E-state index in [1.807, 2.05) is 0 Å². The van der Waals surface area contributed by atoms with E-state index in [-0.39, 0.29) is 11.6 Å². The molecule has 1 aromatic heterocycles. The lowest BCUT2D eigenvalue weighted by molar-refractivity contribution is 0.0957. The summed E-state index contributed by atoms with van der Waals surface area (Å²) in [5.41, 5.74) is 6.15. The maximum atomic E-state index is 6.32. The van der Waals surface area contributed by atoms with Crippen molar-refractivity contribution in [2.24, 2.45) is 5.73 Å². The van der Waals surface area contributed by atoms with Crippen LogP contribution < -0.4 is 5.73 Å². The zero-order valence-electron chi connectivity index (χ0n) is 8.13. The number of nitrogens with two attached hydrogens (primary N) is 1. The summed E-state index contributed by atoms with van der Waals surface area (Å²) < 4.78 is 6.69. The lowest BCUT2D eigenvalue weighted by Crippen LogP contribution is -2.47. The molecule has 1 fully saturated rings. The van der Waals surface area contributed by atoms with Crippen molar-refractivity contribution in [1.29, 1.82) is 0 Å². The van der Waals surface area contributed by atoms with Crippen molar-refractivity contribution in [3.05, 3.63) is 20.8 Å². The Morgan fingerprint density at radius 2 is 2.57 bits per heavy atom. The summed E-state index contributed by atoms with van der Waals surface area (Å²) in [5.74, 6) is 0. The predicted octanol–water partition coefficient (Wildman–Crippen LogP) is 2.56. The predicted molar refractivity (Wildman–Crippen MR) is 62.7 cm³/mol. The van der Waals surface area contributed by atoms with Gasteiger partial charge < -0.3 is 10.5 Å². The molecule has 0 radical (unpaired) electrons. The van der Waals surface area contributed by atoms with Crippen LogP contribution in [0.3, 0.4) is 0 Å². The first kappa shape index (κ1) is 10.6. The monoisotopic (exact) mass is 275 g/mol. The topological polar surface area (TPSA) is 35.2 Å². The van der Waals surface area contributed by atoms with Crippen molar-refractivity contribution in [1.82, 2.24) is 0 Å². The van der Waals surface area contributed by atoms with E-state index in [4.69, 9.17) is 10.5 Å². The van der Waals surface area contributed by atoms with Gasteiger partial charge in [0.2, 0.25) is 0 Å². The largest absolute Gasteiger partial charge is 0.377 e. The summed E-state index contributed by atoms with van der Waals surface area (Å²) in [4.78, 5) is 1.32. The fraction of sp³-hybridized carbons (Fsp3) is 0.600. The van der Waals surface area contributed by atoms with Gasteiger partial charge in [0.05, 0.1) is 6.10 Å². The minimum Gasteiger partial charge on any atom is -0.377 e. The molecule has 2 rings (SSSR count). The van der Waals surface area contributed by atoms with Crippen molar-refractivity contribution in [2.45, 2.75) is 31.4 Å². The van der Waals surface area contributed by atoms with Crippen LogP contribution in [0, 0.1) is 0 Å². The van der Waals surface area contributed by atoms with E-state index < -0.39 is 0 Å². The van der Waals surface area contributed by atoms with Crippen LogP contribution in [-0.2, 0) is 11.2 Å². The quantitative estimate of drug-likeness (QED) is 0.901. The average molecular weight is 276 g/mol. The van der Waals surface area contributed by atoms with Crippen LogP contribution in [0.4, 0.5) is 0 Å². The molecule has 78 valence electrons. The lowest BCUT2D eigenvalue weighted by Gasteiger charge is -2.26. The third-order valence-corrected chi connectivity index (χ3v) is 4.85. The van der Waals surface area contributed by atoms with Gasteiger partial charge in [-0.3, -0.25) is 0 Å². The van der Waals surface area contributed by atoms with Gasteiger partial charge in [-0.15, -0.1) is 11.3 Å². The third kappa shape index (κ3) is 1.89. The Morgan fingerprint density at radius 3 is 3.07 bits per heavy atom. The molecule has 0 amide bonds. The maximum Gasteiger partial charge on any atom is 0.0730 e. The van der Waals surface area contributed by atoms with Crippen LogP contribution in [-0.4, -0.2) is 18.2 Å². The number of hydrogen-bond donors (Lipinski definition) is 1. The highest BCUT2D eigenvalue weighted by Crippen LogP contribution is 2.32. The van der Waals surface area contributed by atoms with E-state index in [9.17, 15) is 0 Å². The fourth-order valence-corrected chi connectivity index (χ4v) is 3.41. The Morgan fingerprint density at radius 1 is 1.79 bits per heavy atom. The van der Waals surface area contributed by atoms with Crippen LogP contribution in [0.2, 0.25) is 0 Å². The van der Waals surface area contributed by atoms with Crippen LogP contribution in [0.1, 0.15) is 18.2 Å². The molecule has 0 bridgehead atoms. The number of rotatable bonds is 2. The molecule has 0 saturated carbocycles.